The molecule has 7 heteroatoms. The number of nitrogens with zero attached hydrogens (tertiary/aromatic N) is 2. The van der Waals surface area contributed by atoms with Crippen molar-refractivity contribution in [3.05, 3.63) is 74.9 Å². The van der Waals surface area contributed by atoms with Crippen LogP contribution >= 0.6 is 0 Å². The number of para-hydroxylation sites is 1. The monoisotopic (exact) mass is 353 g/mol. The Balaban J connectivity index is 1.83. The van der Waals surface area contributed by atoms with E-state index in [2.05, 4.69) is 5.32 Å². The summed E-state index contributed by atoms with van der Waals surface area (Å²) in [6.45, 7) is 0.145. The van der Waals surface area contributed by atoms with Gasteiger partial charge in [-0.25, -0.2) is 4.79 Å². The summed E-state index contributed by atoms with van der Waals surface area (Å²) in [6, 6.07) is 14.1. The van der Waals surface area contributed by atoms with Crippen molar-refractivity contribution in [3.63, 3.8) is 0 Å². The highest BCUT2D eigenvalue weighted by atomic mass is 16.5. The maximum absolute atomic E-state index is 12.4. The summed E-state index contributed by atoms with van der Waals surface area (Å²) in [7, 11) is 2.98. The molecule has 3 rings (SSSR count). The van der Waals surface area contributed by atoms with Gasteiger partial charge in [-0.05, 0) is 29.8 Å². The number of hydrogen-bond acceptors (Lipinski definition) is 4. The number of rotatable bonds is 5. The average Bonchev–Trinajstić information content (AvgIpc) is 2.68. The van der Waals surface area contributed by atoms with Crippen molar-refractivity contribution in [3.8, 4) is 5.75 Å². The minimum atomic E-state index is -0.523. The van der Waals surface area contributed by atoms with E-state index in [1.54, 1.807) is 31.4 Å². The molecule has 1 aromatic heterocycles. The lowest BCUT2D eigenvalue weighted by molar-refractivity contribution is -0.121. The second kappa shape index (κ2) is 7.26. The van der Waals surface area contributed by atoms with Gasteiger partial charge in [-0.2, -0.15) is 0 Å². The van der Waals surface area contributed by atoms with Crippen molar-refractivity contribution in [2.24, 2.45) is 7.05 Å². The van der Waals surface area contributed by atoms with E-state index in [4.69, 9.17) is 4.74 Å². The minimum Gasteiger partial charge on any atom is -0.497 e. The van der Waals surface area contributed by atoms with E-state index in [-0.39, 0.29) is 18.0 Å². The van der Waals surface area contributed by atoms with Gasteiger partial charge >= 0.3 is 5.69 Å². The summed E-state index contributed by atoms with van der Waals surface area (Å²) >= 11 is 0. The van der Waals surface area contributed by atoms with E-state index < -0.39 is 5.69 Å². The predicted octanol–water partition coefficient (Wildman–Crippen LogP) is 1.03. The summed E-state index contributed by atoms with van der Waals surface area (Å²) in [6.07, 6.45) is 0. The number of hydrogen-bond donors (Lipinski definition) is 1. The Hall–Kier alpha value is -3.35. The average molecular weight is 353 g/mol. The zero-order valence-electron chi connectivity index (χ0n) is 14.6. The lowest BCUT2D eigenvalue weighted by Crippen LogP contribution is -2.41. The number of methoxy groups -OCH3 is 1. The minimum absolute atomic E-state index is 0.169. The molecule has 0 fully saturated rings. The first-order chi connectivity index (χ1) is 12.5. The Labute approximate surface area is 149 Å². The van der Waals surface area contributed by atoms with Gasteiger partial charge in [-0.3, -0.25) is 18.7 Å². The molecule has 0 saturated heterocycles. The highest BCUT2D eigenvalue weighted by molar-refractivity contribution is 5.81. The molecule has 2 aromatic carbocycles. The number of benzene rings is 2. The first-order valence-corrected chi connectivity index (χ1v) is 8.09. The van der Waals surface area contributed by atoms with Crippen molar-refractivity contribution in [1.29, 1.82) is 0 Å². The zero-order chi connectivity index (χ0) is 18.7. The third kappa shape index (κ3) is 3.37. The molecule has 0 radical (unpaired) electrons. The third-order valence-corrected chi connectivity index (χ3v) is 4.17. The molecule has 1 N–H and O–H groups in total. The molecule has 134 valence electrons. The molecule has 0 saturated carbocycles. The largest absolute Gasteiger partial charge is 0.497 e. The molecule has 0 aliphatic heterocycles. The van der Waals surface area contributed by atoms with E-state index in [1.165, 1.54) is 11.6 Å². The number of fused-ring (bicyclic) bond motifs is 1. The van der Waals surface area contributed by atoms with Gasteiger partial charge in [0.1, 0.15) is 12.3 Å². The predicted molar refractivity (Wildman–Crippen MR) is 98.3 cm³/mol. The second-order valence-electron chi connectivity index (χ2n) is 5.88. The zero-order valence-corrected chi connectivity index (χ0v) is 14.6. The molecule has 0 aliphatic rings. The molecule has 0 atom stereocenters. The summed E-state index contributed by atoms with van der Waals surface area (Å²) in [5.74, 6) is 0.385. The molecule has 3 aromatic rings. The van der Waals surface area contributed by atoms with Crippen LogP contribution in [0.4, 0.5) is 0 Å². The van der Waals surface area contributed by atoms with Gasteiger partial charge in [0.05, 0.1) is 18.0 Å². The Bertz CT molecular complexity index is 1080. The quantitative estimate of drug-likeness (QED) is 0.743. The molecule has 0 spiro atoms. The van der Waals surface area contributed by atoms with Crippen LogP contribution < -0.4 is 21.3 Å². The van der Waals surface area contributed by atoms with E-state index in [9.17, 15) is 14.4 Å². The van der Waals surface area contributed by atoms with E-state index in [0.29, 0.717) is 23.2 Å². The van der Waals surface area contributed by atoms with Gasteiger partial charge in [-0.15, -0.1) is 0 Å². The molecular weight excluding hydrogens is 334 g/mol. The molecule has 1 heterocycles. The Kier molecular flexibility index (Phi) is 4.88. The first kappa shape index (κ1) is 17.5. The Morgan fingerprint density at radius 3 is 2.65 bits per heavy atom. The number of carbonyl (C=O) groups is 1. The normalized spacial score (nSPS) is 10.7. The molecule has 1 amide bonds. The summed E-state index contributed by atoms with van der Waals surface area (Å²) in [4.78, 5) is 37.0. The molecular formula is C19H19N3O4. The van der Waals surface area contributed by atoms with Crippen LogP contribution in [-0.4, -0.2) is 22.2 Å². The fraction of sp³-hybridized carbons (Fsp3) is 0.211. The van der Waals surface area contributed by atoms with Crippen LogP contribution in [0.15, 0.2) is 58.1 Å². The van der Waals surface area contributed by atoms with Crippen molar-refractivity contribution in [2.45, 2.75) is 13.1 Å². The number of carbonyl (C=O) groups excluding carboxylic acids is 1. The number of amides is 1. The third-order valence-electron chi connectivity index (χ3n) is 4.17. The summed E-state index contributed by atoms with van der Waals surface area (Å²) < 4.78 is 7.47. The SMILES string of the molecule is COc1cccc(CNC(=O)Cn2c(=O)n(C)c(=O)c3ccccc32)c1. The molecule has 0 aliphatic carbocycles. The van der Waals surface area contributed by atoms with Crippen LogP contribution in [0.25, 0.3) is 10.9 Å². The fourth-order valence-electron chi connectivity index (χ4n) is 2.78. The second-order valence-corrected chi connectivity index (χ2v) is 5.88. The highest BCUT2D eigenvalue weighted by Gasteiger charge is 2.13. The van der Waals surface area contributed by atoms with Crippen LogP contribution in [0.5, 0.6) is 5.75 Å². The Morgan fingerprint density at radius 2 is 1.88 bits per heavy atom. The van der Waals surface area contributed by atoms with Gasteiger partial charge < -0.3 is 10.1 Å². The number of aromatic nitrogens is 2. The van der Waals surface area contributed by atoms with E-state index >= 15 is 0 Å². The van der Waals surface area contributed by atoms with Crippen LogP contribution in [-0.2, 0) is 24.9 Å². The van der Waals surface area contributed by atoms with Gasteiger partial charge in [-0.1, -0.05) is 24.3 Å². The maximum Gasteiger partial charge on any atom is 0.331 e. The number of ether oxygens (including phenoxy) is 1. The van der Waals surface area contributed by atoms with Gasteiger partial charge in [0.25, 0.3) is 5.56 Å². The van der Waals surface area contributed by atoms with Crippen molar-refractivity contribution >= 4 is 16.8 Å². The summed E-state index contributed by atoms with van der Waals surface area (Å²) in [5.41, 5.74) is 0.427. The fourth-order valence-corrected chi connectivity index (χ4v) is 2.78. The van der Waals surface area contributed by atoms with Crippen LogP contribution in [0.1, 0.15) is 5.56 Å². The van der Waals surface area contributed by atoms with E-state index in [1.807, 2.05) is 24.3 Å². The number of nitrogens with one attached hydrogen (secondary N) is 1. The van der Waals surface area contributed by atoms with Crippen molar-refractivity contribution in [2.75, 3.05) is 7.11 Å². The van der Waals surface area contributed by atoms with Gasteiger partial charge in [0, 0.05) is 13.6 Å². The van der Waals surface area contributed by atoms with E-state index in [0.717, 1.165) is 10.1 Å². The Morgan fingerprint density at radius 1 is 1.12 bits per heavy atom. The maximum atomic E-state index is 12.4. The smallest absolute Gasteiger partial charge is 0.331 e. The van der Waals surface area contributed by atoms with Gasteiger partial charge in [0.15, 0.2) is 0 Å². The van der Waals surface area contributed by atoms with Crippen LogP contribution in [0, 0.1) is 0 Å². The molecule has 26 heavy (non-hydrogen) atoms. The lowest BCUT2D eigenvalue weighted by atomic mass is 10.2. The molecule has 0 unspecified atom stereocenters. The summed E-state index contributed by atoms with van der Waals surface area (Å²) in [5, 5.41) is 3.18. The standard InChI is InChI=1S/C19H19N3O4/c1-21-18(24)15-8-3-4-9-16(15)22(19(21)25)12-17(23)20-11-13-6-5-7-14(10-13)26-2/h3-10H,11-12H2,1-2H3,(H,20,23). The lowest BCUT2D eigenvalue weighted by Gasteiger charge is -2.12. The molecule has 0 bridgehead atoms. The molecule has 7 nitrogen and oxygen atoms in total. The van der Waals surface area contributed by atoms with Crippen LogP contribution in [0.2, 0.25) is 0 Å². The topological polar surface area (TPSA) is 82.3 Å². The first-order valence-electron chi connectivity index (χ1n) is 8.09. The highest BCUT2D eigenvalue weighted by Crippen LogP contribution is 2.12. The van der Waals surface area contributed by atoms with Gasteiger partial charge in [0.2, 0.25) is 5.91 Å². The van der Waals surface area contributed by atoms with Crippen molar-refractivity contribution in [1.82, 2.24) is 14.5 Å². The van der Waals surface area contributed by atoms with Crippen molar-refractivity contribution < 1.29 is 9.53 Å². The van der Waals surface area contributed by atoms with Crippen LogP contribution in [0.3, 0.4) is 0 Å².